The van der Waals surface area contributed by atoms with E-state index >= 15 is 0 Å². The quantitative estimate of drug-likeness (QED) is 0.0485. The molecule has 316 valence electrons. The average Bonchev–Trinajstić information content (AvgIpc) is 3.25. The molecule has 0 aliphatic rings. The van der Waals surface area contributed by atoms with Gasteiger partial charge in [-0.1, -0.05) is 97.1 Å². The minimum absolute atomic E-state index is 0.429. The standard InChI is InChI=1S/C45H64O12/c1-46-18-19-47-20-21-48-22-23-49-24-25-50-26-27-51-28-29-52-30-31-53-32-33-54-34-35-55-36-37-56-38-39-57-45-40-43(13-12-41-8-4-2-5-9-41)15-17-44(45)16-14-42-10-6-3-7-11-42/h2-17,40H,18-39H2,1H3/b13-12+,16-14+. The van der Waals surface area contributed by atoms with Crippen molar-refractivity contribution in [1.29, 1.82) is 0 Å². The average molecular weight is 797 g/mol. The van der Waals surface area contributed by atoms with Crippen LogP contribution in [-0.2, 0) is 52.1 Å². The maximum atomic E-state index is 6.17. The molecule has 0 amide bonds. The lowest BCUT2D eigenvalue weighted by Gasteiger charge is -2.11. The largest absolute Gasteiger partial charge is 0.491 e. The zero-order chi connectivity index (χ0) is 39.9. The Bertz CT molecular complexity index is 1390. The molecule has 0 radical (unpaired) electrons. The first-order valence-corrected chi connectivity index (χ1v) is 19.8. The van der Waals surface area contributed by atoms with Crippen LogP contribution in [0.15, 0.2) is 78.9 Å². The van der Waals surface area contributed by atoms with Crippen LogP contribution < -0.4 is 4.74 Å². The van der Waals surface area contributed by atoms with Crippen molar-refractivity contribution in [3.63, 3.8) is 0 Å². The third kappa shape index (κ3) is 26.9. The van der Waals surface area contributed by atoms with Gasteiger partial charge in [-0.15, -0.1) is 0 Å². The zero-order valence-electron chi connectivity index (χ0n) is 33.8. The normalized spacial score (nSPS) is 11.7. The lowest BCUT2D eigenvalue weighted by atomic mass is 10.1. The fourth-order valence-electron chi connectivity index (χ4n) is 4.86. The number of ether oxygens (including phenoxy) is 12. The van der Waals surface area contributed by atoms with E-state index in [0.29, 0.717) is 145 Å². The van der Waals surface area contributed by atoms with Crippen LogP contribution in [0.1, 0.15) is 22.3 Å². The fraction of sp³-hybridized carbons (Fsp3) is 0.511. The molecule has 3 aromatic rings. The summed E-state index contributed by atoms with van der Waals surface area (Å²) in [6, 6.07) is 26.7. The molecule has 0 saturated carbocycles. The Morgan fingerprint density at radius 2 is 0.632 bits per heavy atom. The first-order chi connectivity index (χ1) is 28.3. The summed E-state index contributed by atoms with van der Waals surface area (Å²) < 4.78 is 66.3. The van der Waals surface area contributed by atoms with Crippen molar-refractivity contribution >= 4 is 24.3 Å². The summed E-state index contributed by atoms with van der Waals surface area (Å²) in [6.07, 6.45) is 8.36. The second-order valence-corrected chi connectivity index (χ2v) is 12.3. The molecule has 0 N–H and O–H groups in total. The van der Waals surface area contributed by atoms with Crippen molar-refractivity contribution in [1.82, 2.24) is 0 Å². The molecule has 0 aliphatic heterocycles. The number of rotatable bonds is 38. The molecule has 0 bridgehead atoms. The van der Waals surface area contributed by atoms with E-state index in [1.807, 2.05) is 36.4 Å². The van der Waals surface area contributed by atoms with E-state index in [-0.39, 0.29) is 0 Å². The van der Waals surface area contributed by atoms with Crippen molar-refractivity contribution in [2.45, 2.75) is 0 Å². The maximum absolute atomic E-state index is 6.17. The van der Waals surface area contributed by atoms with Crippen molar-refractivity contribution in [2.75, 3.05) is 152 Å². The molecule has 12 heteroatoms. The van der Waals surface area contributed by atoms with E-state index in [1.54, 1.807) is 7.11 Å². The van der Waals surface area contributed by atoms with Crippen molar-refractivity contribution in [3.05, 3.63) is 101 Å². The Morgan fingerprint density at radius 3 is 1.00 bits per heavy atom. The van der Waals surface area contributed by atoms with Crippen molar-refractivity contribution < 1.29 is 56.8 Å². The van der Waals surface area contributed by atoms with Gasteiger partial charge in [0.05, 0.1) is 139 Å². The molecule has 0 fully saturated rings. The van der Waals surface area contributed by atoms with Gasteiger partial charge in [0.1, 0.15) is 12.4 Å². The summed E-state index contributed by atoms with van der Waals surface area (Å²) in [7, 11) is 1.65. The third-order valence-corrected chi connectivity index (χ3v) is 7.83. The summed E-state index contributed by atoms with van der Waals surface area (Å²) >= 11 is 0. The van der Waals surface area contributed by atoms with E-state index in [9.17, 15) is 0 Å². The van der Waals surface area contributed by atoms with Crippen LogP contribution in [0, 0.1) is 0 Å². The van der Waals surface area contributed by atoms with E-state index in [1.165, 1.54) is 0 Å². The van der Waals surface area contributed by atoms with Crippen LogP contribution in [0.2, 0.25) is 0 Å². The minimum atomic E-state index is 0.429. The van der Waals surface area contributed by atoms with Crippen LogP contribution in [0.25, 0.3) is 24.3 Å². The highest BCUT2D eigenvalue weighted by Gasteiger charge is 2.04. The van der Waals surface area contributed by atoms with Crippen LogP contribution in [0.3, 0.4) is 0 Å². The Morgan fingerprint density at radius 1 is 0.316 bits per heavy atom. The van der Waals surface area contributed by atoms with Gasteiger partial charge in [0.2, 0.25) is 0 Å². The minimum Gasteiger partial charge on any atom is -0.491 e. The number of benzene rings is 3. The topological polar surface area (TPSA) is 111 Å². The highest BCUT2D eigenvalue weighted by Crippen LogP contribution is 2.24. The smallest absolute Gasteiger partial charge is 0.127 e. The molecule has 0 spiro atoms. The molecule has 3 rings (SSSR count). The summed E-state index contributed by atoms with van der Waals surface area (Å²) in [6.45, 7) is 11.2. The predicted octanol–water partition coefficient (Wildman–Crippen LogP) is 6.22. The van der Waals surface area contributed by atoms with Gasteiger partial charge in [-0.3, -0.25) is 0 Å². The van der Waals surface area contributed by atoms with Gasteiger partial charge in [-0.05, 0) is 22.8 Å². The first-order valence-electron chi connectivity index (χ1n) is 19.8. The second kappa shape index (κ2) is 35.6. The predicted molar refractivity (Wildman–Crippen MR) is 223 cm³/mol. The second-order valence-electron chi connectivity index (χ2n) is 12.3. The molecular weight excluding hydrogens is 732 g/mol. The Hall–Kier alpha value is -3.50. The monoisotopic (exact) mass is 796 g/mol. The SMILES string of the molecule is COCCOCCOCCOCCOCCOCCOCCOCCOCCOCCOCCOc1cc(/C=C/c2ccccc2)ccc1/C=C/c1ccccc1. The van der Waals surface area contributed by atoms with Gasteiger partial charge >= 0.3 is 0 Å². The van der Waals surface area contributed by atoms with Gasteiger partial charge < -0.3 is 56.8 Å². The molecular formula is C45H64O12. The van der Waals surface area contributed by atoms with E-state index in [0.717, 1.165) is 28.0 Å². The van der Waals surface area contributed by atoms with Gasteiger partial charge in [-0.2, -0.15) is 0 Å². The van der Waals surface area contributed by atoms with Crippen molar-refractivity contribution in [2.24, 2.45) is 0 Å². The molecule has 3 aromatic carbocycles. The summed E-state index contributed by atoms with van der Waals surface area (Å²) in [5, 5.41) is 0. The van der Waals surface area contributed by atoms with E-state index in [2.05, 4.69) is 66.8 Å². The molecule has 0 atom stereocenters. The molecule has 0 aliphatic carbocycles. The molecule has 0 saturated heterocycles. The lowest BCUT2D eigenvalue weighted by molar-refractivity contribution is -0.0273. The van der Waals surface area contributed by atoms with Crippen LogP contribution in [0.4, 0.5) is 0 Å². The fourth-order valence-corrected chi connectivity index (χ4v) is 4.86. The van der Waals surface area contributed by atoms with E-state index < -0.39 is 0 Å². The van der Waals surface area contributed by atoms with Crippen LogP contribution >= 0.6 is 0 Å². The molecule has 0 unspecified atom stereocenters. The third-order valence-electron chi connectivity index (χ3n) is 7.83. The Labute approximate surface area is 339 Å². The number of methoxy groups -OCH3 is 1. The lowest BCUT2D eigenvalue weighted by Crippen LogP contribution is -2.15. The van der Waals surface area contributed by atoms with Gasteiger partial charge in [0.25, 0.3) is 0 Å². The Balaban J connectivity index is 1.07. The zero-order valence-corrected chi connectivity index (χ0v) is 33.8. The number of hydrogen-bond donors (Lipinski definition) is 0. The molecule has 57 heavy (non-hydrogen) atoms. The summed E-state index contributed by atoms with van der Waals surface area (Å²) in [4.78, 5) is 0. The molecule has 0 aromatic heterocycles. The van der Waals surface area contributed by atoms with Crippen molar-refractivity contribution in [3.8, 4) is 5.75 Å². The molecule has 12 nitrogen and oxygen atoms in total. The van der Waals surface area contributed by atoms with Gasteiger partial charge in [0, 0.05) is 12.7 Å². The van der Waals surface area contributed by atoms with Gasteiger partial charge in [-0.25, -0.2) is 0 Å². The highest BCUT2D eigenvalue weighted by molar-refractivity contribution is 5.76. The van der Waals surface area contributed by atoms with Crippen LogP contribution in [0.5, 0.6) is 5.75 Å². The summed E-state index contributed by atoms with van der Waals surface area (Å²) in [5.74, 6) is 0.808. The van der Waals surface area contributed by atoms with E-state index in [4.69, 9.17) is 56.8 Å². The van der Waals surface area contributed by atoms with Crippen LogP contribution in [-0.4, -0.2) is 152 Å². The Kier molecular flexibility index (Phi) is 29.9. The first kappa shape index (κ1) is 47.9. The van der Waals surface area contributed by atoms with Gasteiger partial charge in [0.15, 0.2) is 0 Å². The summed E-state index contributed by atoms with van der Waals surface area (Å²) in [5.41, 5.74) is 4.34. The highest BCUT2D eigenvalue weighted by atomic mass is 16.6. The maximum Gasteiger partial charge on any atom is 0.127 e. The number of hydrogen-bond acceptors (Lipinski definition) is 12. The molecule has 0 heterocycles.